The van der Waals surface area contributed by atoms with E-state index in [2.05, 4.69) is 60.2 Å². The molecule has 2 saturated heterocycles. The first-order chi connectivity index (χ1) is 12.9. The van der Waals surface area contributed by atoms with Gasteiger partial charge in [-0.05, 0) is 12.0 Å². The highest BCUT2D eigenvalue weighted by Crippen LogP contribution is 2.14. The Kier molecular flexibility index (Phi) is 5.78. The Bertz CT molecular complexity index is 641. The highest BCUT2D eigenvalue weighted by Gasteiger charge is 2.24. The number of ether oxygens (including phenoxy) is 1. The third-order valence-corrected chi connectivity index (χ3v) is 5.22. The van der Waals surface area contributed by atoms with Gasteiger partial charge in [0.1, 0.15) is 6.33 Å². The molecule has 0 spiro atoms. The van der Waals surface area contributed by atoms with Gasteiger partial charge >= 0.3 is 0 Å². The molecule has 2 aliphatic rings. The molecule has 1 atom stereocenters. The van der Waals surface area contributed by atoms with Crippen LogP contribution in [-0.4, -0.2) is 83.5 Å². The Morgan fingerprint density at radius 3 is 2.65 bits per heavy atom. The molecule has 1 unspecified atom stereocenters. The Morgan fingerprint density at radius 1 is 1.04 bits per heavy atom. The Labute approximate surface area is 155 Å². The predicted molar refractivity (Wildman–Crippen MR) is 101 cm³/mol. The van der Waals surface area contributed by atoms with E-state index in [1.165, 1.54) is 5.56 Å². The van der Waals surface area contributed by atoms with Crippen molar-refractivity contribution in [1.82, 2.24) is 25.0 Å². The van der Waals surface area contributed by atoms with Gasteiger partial charge in [-0.1, -0.05) is 30.3 Å². The maximum absolute atomic E-state index is 6.15. The molecule has 0 aliphatic carbocycles. The van der Waals surface area contributed by atoms with Crippen LogP contribution in [0, 0.1) is 0 Å². The summed E-state index contributed by atoms with van der Waals surface area (Å²) in [4.78, 5) is 11.6. The summed E-state index contributed by atoms with van der Waals surface area (Å²) in [6.07, 6.45) is 2.98. The number of nitrogens with one attached hydrogen (secondary N) is 1. The second kappa shape index (κ2) is 8.62. The molecule has 0 saturated carbocycles. The summed E-state index contributed by atoms with van der Waals surface area (Å²) in [5.41, 5.74) is 1.38. The van der Waals surface area contributed by atoms with Crippen LogP contribution in [0.5, 0.6) is 0 Å². The molecule has 140 valence electrons. The standard InChI is InChI=1S/C19H28N6O/c1-2-5-17(6-3-1)13-24-7-4-12-26-18(15-24)14-23-8-10-25(11-9-23)19-20-16-21-22-19/h1-3,5-6,16,18H,4,7-15H2,(H,20,21,22). The minimum absolute atomic E-state index is 0.290. The van der Waals surface area contributed by atoms with Gasteiger partial charge in [-0.25, -0.2) is 5.10 Å². The highest BCUT2D eigenvalue weighted by atomic mass is 16.5. The summed E-state index contributed by atoms with van der Waals surface area (Å²) < 4.78 is 6.15. The Balaban J connectivity index is 1.27. The lowest BCUT2D eigenvalue weighted by atomic mass is 10.2. The number of nitrogens with zero attached hydrogens (tertiary/aromatic N) is 5. The third kappa shape index (κ3) is 4.60. The lowest BCUT2D eigenvalue weighted by molar-refractivity contribution is 0.0245. The Hall–Kier alpha value is -1.96. The largest absolute Gasteiger partial charge is 0.376 e. The highest BCUT2D eigenvalue weighted by molar-refractivity contribution is 5.27. The van der Waals surface area contributed by atoms with Gasteiger partial charge < -0.3 is 9.64 Å². The van der Waals surface area contributed by atoms with Crippen molar-refractivity contribution >= 4 is 5.95 Å². The van der Waals surface area contributed by atoms with Gasteiger partial charge in [0.05, 0.1) is 6.10 Å². The number of hydrogen-bond donors (Lipinski definition) is 1. The van der Waals surface area contributed by atoms with Gasteiger partial charge in [0, 0.05) is 59.0 Å². The van der Waals surface area contributed by atoms with Crippen molar-refractivity contribution in [2.45, 2.75) is 19.1 Å². The second-order valence-corrected chi connectivity index (χ2v) is 7.16. The average molecular weight is 356 g/mol. The number of rotatable bonds is 5. The number of piperazine rings is 1. The minimum atomic E-state index is 0.290. The molecule has 2 aromatic rings. The smallest absolute Gasteiger partial charge is 0.221 e. The van der Waals surface area contributed by atoms with Crippen molar-refractivity contribution in [3.05, 3.63) is 42.2 Å². The molecule has 7 heteroatoms. The first-order valence-corrected chi connectivity index (χ1v) is 9.57. The van der Waals surface area contributed by atoms with E-state index in [1.54, 1.807) is 6.33 Å². The van der Waals surface area contributed by atoms with E-state index in [4.69, 9.17) is 4.74 Å². The van der Waals surface area contributed by atoms with E-state index in [-0.39, 0.29) is 6.10 Å². The first-order valence-electron chi connectivity index (χ1n) is 9.57. The number of H-pyrrole nitrogens is 1. The summed E-state index contributed by atoms with van der Waals surface area (Å²) in [7, 11) is 0. The molecular formula is C19H28N6O. The van der Waals surface area contributed by atoms with Crippen LogP contribution in [0.4, 0.5) is 5.95 Å². The molecule has 26 heavy (non-hydrogen) atoms. The summed E-state index contributed by atoms with van der Waals surface area (Å²) >= 11 is 0. The van der Waals surface area contributed by atoms with E-state index in [0.717, 1.165) is 71.3 Å². The van der Waals surface area contributed by atoms with Gasteiger partial charge in [-0.2, -0.15) is 10.1 Å². The molecule has 3 heterocycles. The molecule has 0 amide bonds. The van der Waals surface area contributed by atoms with Crippen LogP contribution in [0.1, 0.15) is 12.0 Å². The van der Waals surface area contributed by atoms with E-state index in [1.807, 2.05) is 0 Å². The third-order valence-electron chi connectivity index (χ3n) is 5.22. The van der Waals surface area contributed by atoms with Crippen molar-refractivity contribution in [1.29, 1.82) is 0 Å². The molecule has 1 N–H and O–H groups in total. The van der Waals surface area contributed by atoms with Crippen LogP contribution >= 0.6 is 0 Å². The van der Waals surface area contributed by atoms with Gasteiger partial charge in [-0.15, -0.1) is 0 Å². The van der Waals surface area contributed by atoms with E-state index in [9.17, 15) is 0 Å². The van der Waals surface area contributed by atoms with Crippen molar-refractivity contribution in [3.63, 3.8) is 0 Å². The average Bonchev–Trinajstić information content (AvgIpc) is 3.12. The molecule has 2 aliphatic heterocycles. The molecule has 1 aromatic carbocycles. The SMILES string of the molecule is c1ccc(CN2CCCOC(CN3CCN(c4ncn[nH]4)CC3)C2)cc1. The van der Waals surface area contributed by atoms with Crippen LogP contribution < -0.4 is 4.90 Å². The number of aromatic nitrogens is 3. The maximum Gasteiger partial charge on any atom is 0.221 e. The number of anilines is 1. The van der Waals surface area contributed by atoms with E-state index >= 15 is 0 Å². The Morgan fingerprint density at radius 2 is 1.88 bits per heavy atom. The van der Waals surface area contributed by atoms with Crippen molar-refractivity contribution in [3.8, 4) is 0 Å². The zero-order valence-corrected chi connectivity index (χ0v) is 15.3. The lowest BCUT2D eigenvalue weighted by Gasteiger charge is -2.36. The van der Waals surface area contributed by atoms with E-state index < -0.39 is 0 Å². The minimum Gasteiger partial charge on any atom is -0.376 e. The maximum atomic E-state index is 6.15. The topological polar surface area (TPSA) is 60.5 Å². The number of hydrogen-bond acceptors (Lipinski definition) is 6. The molecule has 2 fully saturated rings. The fourth-order valence-corrected chi connectivity index (χ4v) is 3.85. The normalized spacial score (nSPS) is 23.1. The summed E-state index contributed by atoms with van der Waals surface area (Å²) in [5.74, 6) is 0.879. The summed E-state index contributed by atoms with van der Waals surface area (Å²) in [6, 6.07) is 10.7. The van der Waals surface area contributed by atoms with Gasteiger partial charge in [0.2, 0.25) is 5.95 Å². The lowest BCUT2D eigenvalue weighted by Crippen LogP contribution is -2.50. The van der Waals surface area contributed by atoms with Crippen LogP contribution in [0.15, 0.2) is 36.7 Å². The quantitative estimate of drug-likeness (QED) is 0.869. The van der Waals surface area contributed by atoms with Crippen LogP contribution in [0.3, 0.4) is 0 Å². The van der Waals surface area contributed by atoms with Crippen molar-refractivity contribution in [2.75, 3.05) is 57.3 Å². The fraction of sp³-hybridized carbons (Fsp3) is 0.579. The van der Waals surface area contributed by atoms with Gasteiger partial charge in [-0.3, -0.25) is 9.80 Å². The van der Waals surface area contributed by atoms with Crippen LogP contribution in [0.25, 0.3) is 0 Å². The van der Waals surface area contributed by atoms with Crippen molar-refractivity contribution in [2.24, 2.45) is 0 Å². The predicted octanol–water partition coefficient (Wildman–Crippen LogP) is 1.22. The number of aromatic amines is 1. The summed E-state index contributed by atoms with van der Waals surface area (Å²) in [6.45, 7) is 9.06. The molecular weight excluding hydrogens is 328 g/mol. The van der Waals surface area contributed by atoms with Crippen LogP contribution in [-0.2, 0) is 11.3 Å². The molecule has 0 bridgehead atoms. The summed E-state index contributed by atoms with van der Waals surface area (Å²) in [5, 5.41) is 6.90. The molecule has 4 rings (SSSR count). The zero-order valence-electron chi connectivity index (χ0n) is 15.3. The van der Waals surface area contributed by atoms with Gasteiger partial charge in [0.25, 0.3) is 0 Å². The molecule has 7 nitrogen and oxygen atoms in total. The monoisotopic (exact) mass is 356 g/mol. The van der Waals surface area contributed by atoms with Crippen LogP contribution in [0.2, 0.25) is 0 Å². The zero-order chi connectivity index (χ0) is 17.6. The van der Waals surface area contributed by atoms with E-state index in [0.29, 0.717) is 0 Å². The molecule has 0 radical (unpaired) electrons. The van der Waals surface area contributed by atoms with Gasteiger partial charge in [0.15, 0.2) is 0 Å². The first kappa shape index (κ1) is 17.5. The van der Waals surface area contributed by atoms with Crippen molar-refractivity contribution < 1.29 is 4.74 Å². The molecule has 1 aromatic heterocycles. The fourth-order valence-electron chi connectivity index (χ4n) is 3.85. The second-order valence-electron chi connectivity index (χ2n) is 7.16. The number of benzene rings is 1.